The number of thiazole rings is 1. The van der Waals surface area contributed by atoms with E-state index in [0.717, 1.165) is 20.6 Å². The number of benzene rings is 1. The molecule has 2 rings (SSSR count). The van der Waals surface area contributed by atoms with Gasteiger partial charge < -0.3 is 5.11 Å². The lowest BCUT2D eigenvalue weighted by Crippen LogP contribution is -1.98. The minimum absolute atomic E-state index is 0.116. The van der Waals surface area contributed by atoms with Crippen molar-refractivity contribution in [3.63, 3.8) is 0 Å². The topological polar surface area (TPSA) is 50.2 Å². The summed E-state index contributed by atoms with van der Waals surface area (Å²) < 4.78 is 1.01. The van der Waals surface area contributed by atoms with E-state index < -0.39 is 5.97 Å². The SMILES string of the molecule is O=C(O)CCc1ncsc1-c1cccc(Br)c1. The molecule has 0 aliphatic carbocycles. The molecular weight excluding hydrogens is 302 g/mol. The summed E-state index contributed by atoms with van der Waals surface area (Å²) in [5.74, 6) is -0.793. The molecule has 0 aliphatic rings. The third kappa shape index (κ3) is 3.14. The van der Waals surface area contributed by atoms with Crippen molar-refractivity contribution >= 4 is 33.2 Å². The summed E-state index contributed by atoms with van der Waals surface area (Å²) in [7, 11) is 0. The van der Waals surface area contributed by atoms with E-state index >= 15 is 0 Å². The molecule has 0 amide bonds. The minimum atomic E-state index is -0.793. The van der Waals surface area contributed by atoms with Gasteiger partial charge in [0.15, 0.2) is 0 Å². The Bertz CT molecular complexity index is 539. The zero-order chi connectivity index (χ0) is 12.3. The lowest BCUT2D eigenvalue weighted by atomic mass is 10.1. The van der Waals surface area contributed by atoms with Crippen molar-refractivity contribution in [1.29, 1.82) is 0 Å². The first-order chi connectivity index (χ1) is 8.16. The monoisotopic (exact) mass is 311 g/mol. The van der Waals surface area contributed by atoms with E-state index in [9.17, 15) is 4.79 Å². The van der Waals surface area contributed by atoms with Gasteiger partial charge in [0.2, 0.25) is 0 Å². The van der Waals surface area contributed by atoms with Gasteiger partial charge in [0.05, 0.1) is 22.5 Å². The summed E-state index contributed by atoms with van der Waals surface area (Å²) in [4.78, 5) is 15.8. The highest BCUT2D eigenvalue weighted by molar-refractivity contribution is 9.10. The predicted octanol–water partition coefficient (Wildman–Crippen LogP) is 3.59. The van der Waals surface area contributed by atoms with Crippen LogP contribution in [-0.4, -0.2) is 16.1 Å². The van der Waals surface area contributed by atoms with Crippen LogP contribution in [0, 0.1) is 0 Å². The van der Waals surface area contributed by atoms with Gasteiger partial charge in [0, 0.05) is 10.9 Å². The van der Waals surface area contributed by atoms with Crippen molar-refractivity contribution in [1.82, 2.24) is 4.98 Å². The zero-order valence-electron chi connectivity index (χ0n) is 8.89. The number of hydrogen-bond donors (Lipinski definition) is 1. The third-order valence-corrected chi connectivity index (χ3v) is 3.71. The van der Waals surface area contributed by atoms with Crippen LogP contribution in [0.25, 0.3) is 10.4 Å². The molecule has 88 valence electrons. The van der Waals surface area contributed by atoms with Gasteiger partial charge in [-0.05, 0) is 17.7 Å². The van der Waals surface area contributed by atoms with E-state index in [1.165, 1.54) is 11.3 Å². The largest absolute Gasteiger partial charge is 0.481 e. The van der Waals surface area contributed by atoms with Gasteiger partial charge in [-0.1, -0.05) is 28.1 Å². The average molecular weight is 312 g/mol. The summed E-state index contributed by atoms with van der Waals surface area (Å²) in [6.07, 6.45) is 0.589. The number of rotatable bonds is 4. The molecule has 0 unspecified atom stereocenters. The zero-order valence-corrected chi connectivity index (χ0v) is 11.3. The molecule has 1 aromatic heterocycles. The van der Waals surface area contributed by atoms with Crippen molar-refractivity contribution in [2.75, 3.05) is 0 Å². The summed E-state index contributed by atoms with van der Waals surface area (Å²) in [5, 5.41) is 8.69. The smallest absolute Gasteiger partial charge is 0.303 e. The predicted molar refractivity (Wildman–Crippen MR) is 71.2 cm³/mol. The fourth-order valence-electron chi connectivity index (χ4n) is 1.54. The Balaban J connectivity index is 2.27. The third-order valence-electron chi connectivity index (χ3n) is 2.30. The quantitative estimate of drug-likeness (QED) is 0.938. The molecular formula is C12H10BrNO2S. The van der Waals surface area contributed by atoms with Crippen LogP contribution in [0.5, 0.6) is 0 Å². The summed E-state index contributed by atoms with van der Waals surface area (Å²) in [6.45, 7) is 0. The molecule has 0 aliphatic heterocycles. The van der Waals surface area contributed by atoms with Crippen LogP contribution >= 0.6 is 27.3 Å². The van der Waals surface area contributed by atoms with E-state index in [1.807, 2.05) is 24.3 Å². The van der Waals surface area contributed by atoms with Crippen LogP contribution in [0.2, 0.25) is 0 Å². The van der Waals surface area contributed by atoms with Gasteiger partial charge in [-0.2, -0.15) is 0 Å². The molecule has 2 aromatic rings. The van der Waals surface area contributed by atoms with Crippen LogP contribution in [0.1, 0.15) is 12.1 Å². The fraction of sp³-hybridized carbons (Fsp3) is 0.167. The number of nitrogens with zero attached hydrogens (tertiary/aromatic N) is 1. The lowest BCUT2D eigenvalue weighted by molar-refractivity contribution is -0.136. The normalized spacial score (nSPS) is 10.4. The molecule has 17 heavy (non-hydrogen) atoms. The van der Waals surface area contributed by atoms with E-state index in [4.69, 9.17) is 5.11 Å². The number of halogens is 1. The molecule has 0 spiro atoms. The van der Waals surface area contributed by atoms with Crippen LogP contribution in [0.3, 0.4) is 0 Å². The number of hydrogen-bond acceptors (Lipinski definition) is 3. The second-order valence-electron chi connectivity index (χ2n) is 3.53. The highest BCUT2D eigenvalue weighted by Crippen LogP contribution is 2.30. The number of carbonyl (C=O) groups is 1. The van der Waals surface area contributed by atoms with Gasteiger partial charge in [0.1, 0.15) is 0 Å². The van der Waals surface area contributed by atoms with Crippen molar-refractivity contribution in [2.45, 2.75) is 12.8 Å². The summed E-state index contributed by atoms with van der Waals surface area (Å²) in [5.41, 5.74) is 3.69. The highest BCUT2D eigenvalue weighted by atomic mass is 79.9. The maximum atomic E-state index is 10.6. The molecule has 0 bridgehead atoms. The van der Waals surface area contributed by atoms with E-state index in [2.05, 4.69) is 20.9 Å². The molecule has 0 fully saturated rings. The molecule has 1 N–H and O–H groups in total. The summed E-state index contributed by atoms with van der Waals surface area (Å²) >= 11 is 4.96. The maximum Gasteiger partial charge on any atom is 0.303 e. The van der Waals surface area contributed by atoms with Gasteiger partial charge in [-0.25, -0.2) is 4.98 Å². The molecule has 5 heteroatoms. The Labute approximate surface area is 111 Å². The molecule has 0 saturated carbocycles. The fourth-order valence-corrected chi connectivity index (χ4v) is 2.78. The van der Waals surface area contributed by atoms with Crippen molar-refractivity contribution in [3.8, 4) is 10.4 Å². The first-order valence-electron chi connectivity index (χ1n) is 5.07. The standard InChI is InChI=1S/C12H10BrNO2S/c13-9-3-1-2-8(6-9)12-10(14-7-17-12)4-5-11(15)16/h1-3,6-7H,4-5H2,(H,15,16). The lowest BCUT2D eigenvalue weighted by Gasteiger charge is -2.02. The molecule has 1 aromatic carbocycles. The van der Waals surface area contributed by atoms with Crippen LogP contribution < -0.4 is 0 Å². The number of aryl methyl sites for hydroxylation is 1. The molecule has 3 nitrogen and oxygen atoms in total. The van der Waals surface area contributed by atoms with Crippen LogP contribution in [0.15, 0.2) is 34.2 Å². The first kappa shape index (κ1) is 12.3. The van der Waals surface area contributed by atoms with Gasteiger partial charge in [-0.15, -0.1) is 11.3 Å². The molecule has 0 radical (unpaired) electrons. The number of aromatic nitrogens is 1. The van der Waals surface area contributed by atoms with E-state index in [0.29, 0.717) is 6.42 Å². The summed E-state index contributed by atoms with van der Waals surface area (Å²) in [6, 6.07) is 7.93. The second kappa shape index (κ2) is 5.42. The Morgan fingerprint density at radius 2 is 2.29 bits per heavy atom. The molecule has 1 heterocycles. The molecule has 0 saturated heterocycles. The van der Waals surface area contributed by atoms with E-state index in [-0.39, 0.29) is 6.42 Å². The maximum absolute atomic E-state index is 10.6. The number of carboxylic acid groups (broad SMARTS) is 1. The Kier molecular flexibility index (Phi) is 3.91. The van der Waals surface area contributed by atoms with Gasteiger partial charge in [0.25, 0.3) is 0 Å². The second-order valence-corrected chi connectivity index (χ2v) is 5.30. The van der Waals surface area contributed by atoms with Gasteiger partial charge in [-0.3, -0.25) is 4.79 Å². The molecule has 0 atom stereocenters. The Hall–Kier alpha value is -1.20. The van der Waals surface area contributed by atoms with E-state index in [1.54, 1.807) is 5.51 Å². The van der Waals surface area contributed by atoms with Gasteiger partial charge >= 0.3 is 5.97 Å². The number of aliphatic carboxylic acids is 1. The van der Waals surface area contributed by atoms with Crippen molar-refractivity contribution < 1.29 is 9.90 Å². The minimum Gasteiger partial charge on any atom is -0.481 e. The van der Waals surface area contributed by atoms with Crippen LogP contribution in [-0.2, 0) is 11.2 Å². The average Bonchev–Trinajstić information content (AvgIpc) is 2.74. The number of carboxylic acids is 1. The Morgan fingerprint density at radius 1 is 1.47 bits per heavy atom. The Morgan fingerprint density at radius 3 is 3.00 bits per heavy atom. The first-order valence-corrected chi connectivity index (χ1v) is 6.74. The van der Waals surface area contributed by atoms with Crippen molar-refractivity contribution in [3.05, 3.63) is 39.9 Å². The highest BCUT2D eigenvalue weighted by Gasteiger charge is 2.10. The van der Waals surface area contributed by atoms with Crippen LogP contribution in [0.4, 0.5) is 0 Å². The van der Waals surface area contributed by atoms with Crippen molar-refractivity contribution in [2.24, 2.45) is 0 Å².